The van der Waals surface area contributed by atoms with E-state index in [2.05, 4.69) is 10.6 Å². The summed E-state index contributed by atoms with van der Waals surface area (Å²) in [6.45, 7) is 2.84. The molecule has 2 amide bonds. The van der Waals surface area contributed by atoms with Gasteiger partial charge in [0.25, 0.3) is 5.92 Å². The molecule has 1 heterocycles. The minimum atomic E-state index is -3.10. The smallest absolute Gasteiger partial charge is 0.351 e. The van der Waals surface area contributed by atoms with E-state index in [-0.39, 0.29) is 12.8 Å². The van der Waals surface area contributed by atoms with Crippen molar-refractivity contribution in [3.8, 4) is 6.07 Å². The van der Waals surface area contributed by atoms with Crippen LogP contribution in [0.15, 0.2) is 0 Å². The van der Waals surface area contributed by atoms with Crippen molar-refractivity contribution in [1.29, 1.82) is 5.26 Å². The van der Waals surface area contributed by atoms with Crippen LogP contribution < -0.4 is 10.6 Å². The fourth-order valence-corrected chi connectivity index (χ4v) is 4.65. The van der Waals surface area contributed by atoms with Crippen molar-refractivity contribution in [2.75, 3.05) is 13.1 Å². The number of nitrogens with one attached hydrogen (secondary N) is 2. The summed E-state index contributed by atoms with van der Waals surface area (Å²) in [4.78, 5) is 30.2. The Morgan fingerprint density at radius 2 is 1.80 bits per heavy atom. The molecule has 3 fully saturated rings. The fraction of sp³-hybridized carbons (Fsp3) is 0.857. The zero-order chi connectivity index (χ0) is 21.8. The van der Waals surface area contributed by atoms with Crippen LogP contribution in [0, 0.1) is 16.7 Å². The Labute approximate surface area is 176 Å². The van der Waals surface area contributed by atoms with E-state index in [0.717, 1.165) is 12.8 Å². The largest absolute Gasteiger partial charge is 0.426 e. The molecule has 0 bridgehead atoms. The van der Waals surface area contributed by atoms with Gasteiger partial charge >= 0.3 is 6.09 Å². The van der Waals surface area contributed by atoms with Crippen LogP contribution in [0.5, 0.6) is 0 Å². The topological polar surface area (TPSA) is 94.5 Å². The lowest BCUT2D eigenvalue weighted by Gasteiger charge is -2.38. The highest BCUT2D eigenvalue weighted by Crippen LogP contribution is 2.46. The number of amides is 2. The Kier molecular flexibility index (Phi) is 6.85. The molecule has 7 nitrogen and oxygen atoms in total. The maximum Gasteiger partial charge on any atom is 0.426 e. The van der Waals surface area contributed by atoms with Gasteiger partial charge in [0.05, 0.1) is 6.07 Å². The third-order valence-corrected chi connectivity index (χ3v) is 6.71. The first-order valence-corrected chi connectivity index (χ1v) is 11.1. The maximum absolute atomic E-state index is 14.2. The van der Waals surface area contributed by atoms with Crippen LogP contribution in [-0.4, -0.2) is 47.7 Å². The second-order valence-corrected chi connectivity index (χ2v) is 9.21. The van der Waals surface area contributed by atoms with E-state index in [9.17, 15) is 18.4 Å². The Morgan fingerprint density at radius 1 is 1.17 bits per heavy atom. The first-order chi connectivity index (χ1) is 14.2. The third kappa shape index (κ3) is 5.81. The highest BCUT2D eigenvalue weighted by molar-refractivity contribution is 5.86. The number of rotatable bonds is 8. The van der Waals surface area contributed by atoms with Crippen molar-refractivity contribution < 1.29 is 23.2 Å². The lowest BCUT2D eigenvalue weighted by atomic mass is 9.77. The number of nitrogens with zero attached hydrogens (tertiary/aromatic N) is 2. The van der Waals surface area contributed by atoms with Crippen LogP contribution in [-0.2, 0) is 9.63 Å². The standard InChI is InChI=1S/C21H32F2N4O3/c1-2-5-21(22,23)14-16(17(28)26-20(15-24)8-9-20)25-18(29)30-27-12-10-19(11-13-27)6-3-4-7-19/h16H,2-14H2,1H3,(H,25,29)(H,26,28)/t16-/m0/s1. The molecule has 3 rings (SSSR count). The zero-order valence-corrected chi connectivity index (χ0v) is 17.6. The average molecular weight is 427 g/mol. The maximum atomic E-state index is 14.2. The molecule has 2 N–H and O–H groups in total. The molecule has 0 aromatic carbocycles. The Bertz CT molecular complexity index is 674. The average Bonchev–Trinajstić information content (AvgIpc) is 3.32. The summed E-state index contributed by atoms with van der Waals surface area (Å²) < 4.78 is 28.4. The molecule has 0 aromatic rings. The number of carbonyl (C=O) groups is 2. The van der Waals surface area contributed by atoms with Crippen LogP contribution in [0.2, 0.25) is 0 Å². The predicted molar refractivity (Wildman–Crippen MR) is 105 cm³/mol. The molecular weight excluding hydrogens is 394 g/mol. The highest BCUT2D eigenvalue weighted by atomic mass is 19.3. The number of hydrogen-bond donors (Lipinski definition) is 2. The molecule has 0 radical (unpaired) electrons. The number of halogens is 2. The monoisotopic (exact) mass is 426 g/mol. The summed E-state index contributed by atoms with van der Waals surface area (Å²) in [6, 6.07) is 0.535. The van der Waals surface area contributed by atoms with Gasteiger partial charge in [0.15, 0.2) is 0 Å². The lowest BCUT2D eigenvalue weighted by Crippen LogP contribution is -2.53. The molecule has 1 saturated heterocycles. The van der Waals surface area contributed by atoms with E-state index < -0.39 is 35.9 Å². The van der Waals surface area contributed by atoms with Crippen molar-refractivity contribution in [2.24, 2.45) is 5.41 Å². The zero-order valence-electron chi connectivity index (χ0n) is 17.6. The first kappa shape index (κ1) is 22.7. The molecule has 9 heteroatoms. The van der Waals surface area contributed by atoms with E-state index >= 15 is 0 Å². The molecular formula is C21H32F2N4O3. The van der Waals surface area contributed by atoms with Crippen LogP contribution in [0.1, 0.15) is 77.6 Å². The van der Waals surface area contributed by atoms with E-state index in [4.69, 9.17) is 10.1 Å². The number of piperidine rings is 1. The van der Waals surface area contributed by atoms with Crippen LogP contribution in [0.25, 0.3) is 0 Å². The van der Waals surface area contributed by atoms with Crippen molar-refractivity contribution in [2.45, 2.75) is 95.1 Å². The second kappa shape index (κ2) is 9.04. The molecule has 0 unspecified atom stereocenters. The lowest BCUT2D eigenvalue weighted by molar-refractivity contribution is -0.136. The molecule has 168 valence electrons. The van der Waals surface area contributed by atoms with Crippen LogP contribution in [0.4, 0.5) is 13.6 Å². The molecule has 1 aliphatic heterocycles. The minimum Gasteiger partial charge on any atom is -0.351 e. The molecule has 3 aliphatic rings. The van der Waals surface area contributed by atoms with E-state index in [1.807, 2.05) is 6.07 Å². The summed E-state index contributed by atoms with van der Waals surface area (Å²) in [5.74, 6) is -3.88. The number of nitriles is 1. The summed E-state index contributed by atoms with van der Waals surface area (Å²) in [6.07, 6.45) is 5.90. The van der Waals surface area contributed by atoms with Gasteiger partial charge in [-0.3, -0.25) is 4.79 Å². The van der Waals surface area contributed by atoms with Crippen molar-refractivity contribution >= 4 is 12.0 Å². The van der Waals surface area contributed by atoms with E-state index in [1.54, 1.807) is 12.0 Å². The normalized spacial score (nSPS) is 23.4. The van der Waals surface area contributed by atoms with Gasteiger partial charge in [-0.05, 0) is 43.9 Å². The van der Waals surface area contributed by atoms with Crippen molar-refractivity contribution in [3.63, 3.8) is 0 Å². The van der Waals surface area contributed by atoms with Gasteiger partial charge in [-0.1, -0.05) is 26.2 Å². The van der Waals surface area contributed by atoms with Gasteiger partial charge in [0.1, 0.15) is 11.6 Å². The molecule has 0 aromatic heterocycles. The van der Waals surface area contributed by atoms with Crippen molar-refractivity contribution in [1.82, 2.24) is 15.7 Å². The van der Waals surface area contributed by atoms with Gasteiger partial charge in [0, 0.05) is 25.9 Å². The second-order valence-electron chi connectivity index (χ2n) is 9.21. The summed E-state index contributed by atoms with van der Waals surface area (Å²) in [5.41, 5.74) is -0.639. The number of hydrogen-bond acceptors (Lipinski definition) is 5. The number of alkyl halides is 2. The number of hydroxylamine groups is 2. The Hall–Kier alpha value is -1.95. The SMILES string of the molecule is CCCC(F)(F)C[C@H](NC(=O)ON1CCC2(CCCC2)CC1)C(=O)NC1(C#N)CC1. The van der Waals surface area contributed by atoms with Gasteiger partial charge in [-0.15, -0.1) is 5.06 Å². The Morgan fingerprint density at radius 3 is 2.33 bits per heavy atom. The van der Waals surface area contributed by atoms with Crippen molar-refractivity contribution in [3.05, 3.63) is 0 Å². The predicted octanol–water partition coefficient (Wildman–Crippen LogP) is 3.65. The molecule has 2 aliphatic carbocycles. The first-order valence-electron chi connectivity index (χ1n) is 11.1. The van der Waals surface area contributed by atoms with E-state index in [1.165, 1.54) is 25.7 Å². The quantitative estimate of drug-likeness (QED) is 0.618. The third-order valence-electron chi connectivity index (χ3n) is 6.71. The van der Waals surface area contributed by atoms with Gasteiger partial charge in [0.2, 0.25) is 5.91 Å². The summed E-state index contributed by atoms with van der Waals surface area (Å²) in [7, 11) is 0. The Balaban J connectivity index is 1.55. The molecule has 30 heavy (non-hydrogen) atoms. The fourth-order valence-electron chi connectivity index (χ4n) is 4.65. The summed E-state index contributed by atoms with van der Waals surface area (Å²) >= 11 is 0. The minimum absolute atomic E-state index is 0.253. The van der Waals surface area contributed by atoms with Gasteiger partial charge in [-0.2, -0.15) is 5.26 Å². The van der Waals surface area contributed by atoms with E-state index in [0.29, 0.717) is 31.3 Å². The van der Waals surface area contributed by atoms with Gasteiger partial charge in [-0.25, -0.2) is 13.6 Å². The summed E-state index contributed by atoms with van der Waals surface area (Å²) in [5, 5.41) is 15.5. The van der Waals surface area contributed by atoms with Crippen LogP contribution >= 0.6 is 0 Å². The highest BCUT2D eigenvalue weighted by Gasteiger charge is 2.47. The molecule has 1 atom stereocenters. The van der Waals surface area contributed by atoms with Gasteiger partial charge < -0.3 is 15.5 Å². The molecule has 1 spiro atoms. The number of carbonyl (C=O) groups excluding carboxylic acids is 2. The van der Waals surface area contributed by atoms with Crippen LogP contribution in [0.3, 0.4) is 0 Å². The molecule has 2 saturated carbocycles.